The Labute approximate surface area is 242 Å². The molecule has 0 aliphatic heterocycles. The number of nitrogens with zero attached hydrogens (tertiary/aromatic N) is 3. The number of amides is 1. The zero-order chi connectivity index (χ0) is 28.4. The van der Waals surface area contributed by atoms with Gasteiger partial charge in [-0.05, 0) is 61.9 Å². The van der Waals surface area contributed by atoms with Crippen molar-refractivity contribution in [3.63, 3.8) is 0 Å². The van der Waals surface area contributed by atoms with Gasteiger partial charge in [-0.25, -0.2) is 23.1 Å². The average Bonchev–Trinajstić information content (AvgIpc) is 3.34. The summed E-state index contributed by atoms with van der Waals surface area (Å²) in [6.45, 7) is 3.94. The van der Waals surface area contributed by atoms with Gasteiger partial charge in [0, 0.05) is 34.4 Å². The molecule has 208 valence electrons. The normalized spacial score (nSPS) is 14.9. The summed E-state index contributed by atoms with van der Waals surface area (Å²) in [6, 6.07) is 10.6. The minimum Gasteiger partial charge on any atom is -0.494 e. The highest BCUT2D eigenvalue weighted by Gasteiger charge is 2.26. The molecule has 0 bridgehead atoms. The number of carbonyl (C=O) groups excluding carboxylic acids is 1. The summed E-state index contributed by atoms with van der Waals surface area (Å²) in [7, 11) is -1.95. The summed E-state index contributed by atoms with van der Waals surface area (Å²) >= 11 is 7.62. The van der Waals surface area contributed by atoms with E-state index < -0.39 is 10.0 Å². The molecule has 40 heavy (non-hydrogen) atoms. The third-order valence-corrected chi connectivity index (χ3v) is 9.59. The van der Waals surface area contributed by atoms with Crippen LogP contribution in [0.25, 0.3) is 11.1 Å². The van der Waals surface area contributed by atoms with Crippen molar-refractivity contribution in [2.45, 2.75) is 43.9 Å². The van der Waals surface area contributed by atoms with Crippen LogP contribution in [0, 0.1) is 6.92 Å². The second-order valence-corrected chi connectivity index (χ2v) is 12.7. The fraction of sp³-hybridized carbons (Fsp3) is 0.286. The van der Waals surface area contributed by atoms with Gasteiger partial charge in [-0.15, -0.1) is 11.3 Å². The molecule has 0 radical (unpaired) electrons. The van der Waals surface area contributed by atoms with Gasteiger partial charge in [-0.2, -0.15) is 0 Å². The number of carbonyl (C=O) groups is 1. The highest BCUT2D eigenvalue weighted by Crippen LogP contribution is 2.38. The third-order valence-electron chi connectivity index (χ3n) is 6.79. The first-order valence-electron chi connectivity index (χ1n) is 12.7. The summed E-state index contributed by atoms with van der Waals surface area (Å²) < 4.78 is 32.5. The van der Waals surface area contributed by atoms with Gasteiger partial charge in [0.2, 0.25) is 10.0 Å². The van der Waals surface area contributed by atoms with Crippen LogP contribution in [0.1, 0.15) is 51.4 Å². The molecule has 0 spiro atoms. The Bertz CT molecular complexity index is 1670. The van der Waals surface area contributed by atoms with Crippen molar-refractivity contribution in [3.05, 3.63) is 81.3 Å². The number of halogens is 1. The molecule has 2 N–H and O–H groups in total. The number of methoxy groups -OCH3 is 1. The van der Waals surface area contributed by atoms with Crippen LogP contribution in [0.4, 0.5) is 5.13 Å². The van der Waals surface area contributed by atoms with E-state index in [2.05, 4.69) is 20.0 Å². The van der Waals surface area contributed by atoms with Crippen LogP contribution in [-0.4, -0.2) is 42.9 Å². The van der Waals surface area contributed by atoms with E-state index in [1.165, 1.54) is 30.8 Å². The van der Waals surface area contributed by atoms with Gasteiger partial charge in [0.05, 0.1) is 29.5 Å². The molecule has 0 saturated carbocycles. The van der Waals surface area contributed by atoms with Gasteiger partial charge in [-0.3, -0.25) is 15.1 Å². The van der Waals surface area contributed by atoms with Crippen LogP contribution in [-0.2, 0) is 22.9 Å². The van der Waals surface area contributed by atoms with Crippen LogP contribution in [0.2, 0.25) is 5.15 Å². The lowest BCUT2D eigenvalue weighted by atomic mass is 9.85. The van der Waals surface area contributed by atoms with Gasteiger partial charge in [0.15, 0.2) is 5.13 Å². The van der Waals surface area contributed by atoms with E-state index in [4.69, 9.17) is 21.3 Å². The van der Waals surface area contributed by atoms with Gasteiger partial charge in [0.25, 0.3) is 5.91 Å². The van der Waals surface area contributed by atoms with Crippen LogP contribution in [0.3, 0.4) is 0 Å². The first kappa shape index (κ1) is 28.2. The number of benzene rings is 1. The second kappa shape index (κ2) is 11.6. The molecule has 1 aliphatic rings. The Morgan fingerprint density at radius 1 is 1.15 bits per heavy atom. The number of sulfonamides is 1. The van der Waals surface area contributed by atoms with Crippen molar-refractivity contribution < 1.29 is 17.9 Å². The molecule has 12 heteroatoms. The van der Waals surface area contributed by atoms with E-state index in [0.29, 0.717) is 34.1 Å². The van der Waals surface area contributed by atoms with E-state index in [1.54, 1.807) is 25.1 Å². The summed E-state index contributed by atoms with van der Waals surface area (Å²) in [5, 5.41) is 3.76. The lowest BCUT2D eigenvalue weighted by Gasteiger charge is -2.21. The number of thiazole rings is 1. The van der Waals surface area contributed by atoms with E-state index in [-0.39, 0.29) is 21.9 Å². The quantitative estimate of drug-likeness (QED) is 0.261. The lowest BCUT2D eigenvalue weighted by molar-refractivity contribution is 0.102. The Hall–Kier alpha value is -3.38. The average molecular weight is 598 g/mol. The fourth-order valence-corrected chi connectivity index (χ4v) is 7.11. The predicted octanol–water partition coefficient (Wildman–Crippen LogP) is 5.39. The fourth-order valence-electron chi connectivity index (χ4n) is 4.82. The molecule has 0 fully saturated rings. The number of hydrogen-bond acceptors (Lipinski definition) is 8. The Morgan fingerprint density at radius 2 is 1.93 bits per heavy atom. The SMILES string of the molecule is CCNS(=O)(=O)c1ccc(C2CCc3nc(NC(=O)c4cnc(C)cc4-c4cc(Cl)ncc4OC)sc3C2)cc1. The smallest absolute Gasteiger partial charge is 0.259 e. The van der Waals surface area contributed by atoms with Gasteiger partial charge >= 0.3 is 0 Å². The molecule has 1 unspecified atom stereocenters. The first-order chi connectivity index (χ1) is 19.2. The monoisotopic (exact) mass is 597 g/mol. The zero-order valence-corrected chi connectivity index (χ0v) is 24.6. The van der Waals surface area contributed by atoms with Crippen molar-refractivity contribution >= 4 is 44.0 Å². The van der Waals surface area contributed by atoms with Gasteiger partial charge in [0.1, 0.15) is 10.9 Å². The standard InChI is InChI=1S/C28H28ClN5O4S2/c1-4-32-40(36,37)19-8-5-17(6-9-19)18-7-10-23-25(12-18)39-28(33-23)34-27(35)22-14-30-16(2)11-20(22)21-13-26(29)31-15-24(21)38-3/h5-6,8-9,11,13-15,18,32H,4,7,10,12H2,1-3H3,(H,33,34,35). The Kier molecular flexibility index (Phi) is 8.18. The number of aryl methyl sites for hydroxylation is 2. The highest BCUT2D eigenvalue weighted by molar-refractivity contribution is 7.89. The molecule has 4 aromatic rings. The molecule has 3 aromatic heterocycles. The Balaban J connectivity index is 1.35. The molecule has 1 amide bonds. The number of aromatic nitrogens is 3. The van der Waals surface area contributed by atoms with Crippen molar-refractivity contribution in [3.8, 4) is 16.9 Å². The minimum absolute atomic E-state index is 0.240. The van der Waals surface area contributed by atoms with Crippen molar-refractivity contribution in [2.75, 3.05) is 19.0 Å². The lowest BCUT2D eigenvalue weighted by Crippen LogP contribution is -2.23. The number of rotatable bonds is 8. The van der Waals surface area contributed by atoms with Gasteiger partial charge in [-0.1, -0.05) is 30.7 Å². The summed E-state index contributed by atoms with van der Waals surface area (Å²) in [5.74, 6) is 0.397. The van der Waals surface area contributed by atoms with E-state index in [1.807, 2.05) is 25.1 Å². The van der Waals surface area contributed by atoms with E-state index in [9.17, 15) is 13.2 Å². The molecule has 1 aromatic carbocycles. The number of ether oxygens (including phenoxy) is 1. The van der Waals surface area contributed by atoms with Crippen molar-refractivity contribution in [1.82, 2.24) is 19.7 Å². The molecule has 5 rings (SSSR count). The first-order valence-corrected chi connectivity index (χ1v) is 15.4. The molecule has 1 aliphatic carbocycles. The maximum Gasteiger partial charge on any atom is 0.259 e. The van der Waals surface area contributed by atoms with Gasteiger partial charge < -0.3 is 4.74 Å². The second-order valence-electron chi connectivity index (χ2n) is 9.43. The van der Waals surface area contributed by atoms with Crippen molar-refractivity contribution in [1.29, 1.82) is 0 Å². The molecular formula is C28H28ClN5O4S2. The number of anilines is 1. The topological polar surface area (TPSA) is 123 Å². The number of hydrogen-bond donors (Lipinski definition) is 2. The Morgan fingerprint density at radius 3 is 2.65 bits per heavy atom. The molecule has 0 saturated heterocycles. The van der Waals surface area contributed by atoms with E-state index in [0.717, 1.165) is 41.1 Å². The maximum absolute atomic E-state index is 13.4. The molecule has 1 atom stereocenters. The molecular weight excluding hydrogens is 570 g/mol. The summed E-state index contributed by atoms with van der Waals surface area (Å²) in [6.07, 6.45) is 5.49. The minimum atomic E-state index is -3.49. The zero-order valence-electron chi connectivity index (χ0n) is 22.2. The van der Waals surface area contributed by atoms with Crippen molar-refractivity contribution in [2.24, 2.45) is 0 Å². The summed E-state index contributed by atoms with van der Waals surface area (Å²) in [4.78, 5) is 27.9. The number of fused-ring (bicyclic) bond motifs is 1. The van der Waals surface area contributed by atoms with E-state index >= 15 is 0 Å². The summed E-state index contributed by atoms with van der Waals surface area (Å²) in [5.41, 5.74) is 4.44. The third kappa shape index (κ3) is 5.87. The maximum atomic E-state index is 13.4. The molecule has 3 heterocycles. The molecule has 9 nitrogen and oxygen atoms in total. The van der Waals surface area contributed by atoms with Crippen LogP contribution < -0.4 is 14.8 Å². The predicted molar refractivity (Wildman–Crippen MR) is 156 cm³/mol. The van der Waals surface area contributed by atoms with Crippen LogP contribution in [0.15, 0.2) is 53.7 Å². The largest absolute Gasteiger partial charge is 0.494 e. The van der Waals surface area contributed by atoms with Crippen LogP contribution in [0.5, 0.6) is 5.75 Å². The highest BCUT2D eigenvalue weighted by atomic mass is 35.5. The number of pyridine rings is 2. The number of nitrogens with one attached hydrogen (secondary N) is 2. The van der Waals surface area contributed by atoms with Crippen LogP contribution >= 0.6 is 22.9 Å².